The summed E-state index contributed by atoms with van der Waals surface area (Å²) in [6.45, 7) is 8.65. The summed E-state index contributed by atoms with van der Waals surface area (Å²) in [4.78, 5) is 2.45. The highest BCUT2D eigenvalue weighted by atomic mass is 35.5. The molecular weight excluding hydrogens is 314 g/mol. The van der Waals surface area contributed by atoms with Gasteiger partial charge in [-0.2, -0.15) is 0 Å². The van der Waals surface area contributed by atoms with E-state index in [4.69, 9.17) is 0 Å². The molecule has 2 heteroatoms. The molecule has 3 aromatic rings. The minimum Gasteiger partial charge on any atom is -0.367 e. The third-order valence-corrected chi connectivity index (χ3v) is 4.51. The number of nitrogens with zero attached hydrogens (tertiary/aromatic N) is 1. The molecule has 3 aromatic carbocycles. The zero-order chi connectivity index (χ0) is 16.2. The van der Waals surface area contributed by atoms with E-state index in [1.54, 1.807) is 0 Å². The van der Waals surface area contributed by atoms with Crippen molar-refractivity contribution in [1.29, 1.82) is 0 Å². The molecule has 0 fully saturated rings. The predicted octanol–water partition coefficient (Wildman–Crippen LogP) is 6.41. The van der Waals surface area contributed by atoms with Crippen LogP contribution in [-0.4, -0.2) is 6.54 Å². The summed E-state index contributed by atoms with van der Waals surface area (Å²) in [5.41, 5.74) is 4.09. The maximum absolute atomic E-state index is 2.45. The minimum absolute atomic E-state index is 0. The molecule has 0 spiro atoms. The first-order chi connectivity index (χ1) is 11.2. The van der Waals surface area contributed by atoms with Crippen LogP contribution < -0.4 is 4.90 Å². The summed E-state index contributed by atoms with van der Waals surface area (Å²) < 4.78 is 0. The van der Waals surface area contributed by atoms with Gasteiger partial charge in [0.2, 0.25) is 0 Å². The summed E-state index contributed by atoms with van der Waals surface area (Å²) in [5, 5.41) is 2.63. The molecule has 0 aliphatic carbocycles. The van der Waals surface area contributed by atoms with E-state index in [2.05, 4.69) is 92.4 Å². The fourth-order valence-corrected chi connectivity index (χ4v) is 3.08. The standard InChI is InChI=1S/C22H25N.ClH/c1-4-23(16-18-12-14-19(15-13-18)17(2)3)22-11-7-9-20-8-5-6-10-21(20)22;/h5-15,17H,4,16H2,1-3H3;1H. The van der Waals surface area contributed by atoms with E-state index in [1.165, 1.54) is 27.6 Å². The van der Waals surface area contributed by atoms with E-state index in [1.807, 2.05) is 0 Å². The lowest BCUT2D eigenvalue weighted by atomic mass is 10.0. The number of rotatable bonds is 5. The molecule has 3 rings (SSSR count). The van der Waals surface area contributed by atoms with Gasteiger partial charge in [-0.15, -0.1) is 12.4 Å². The van der Waals surface area contributed by atoms with Gasteiger partial charge >= 0.3 is 0 Å². The van der Waals surface area contributed by atoms with Crippen LogP contribution in [0.2, 0.25) is 0 Å². The molecule has 0 atom stereocenters. The largest absolute Gasteiger partial charge is 0.367 e. The second-order valence-corrected chi connectivity index (χ2v) is 6.41. The van der Waals surface area contributed by atoms with Gasteiger partial charge in [0, 0.05) is 24.2 Å². The van der Waals surface area contributed by atoms with Crippen molar-refractivity contribution in [2.75, 3.05) is 11.4 Å². The molecule has 0 N–H and O–H groups in total. The van der Waals surface area contributed by atoms with E-state index < -0.39 is 0 Å². The van der Waals surface area contributed by atoms with Gasteiger partial charge in [0.25, 0.3) is 0 Å². The van der Waals surface area contributed by atoms with Crippen LogP contribution in [-0.2, 0) is 6.54 Å². The predicted molar refractivity (Wildman–Crippen MR) is 108 cm³/mol. The van der Waals surface area contributed by atoms with Crippen LogP contribution in [0.1, 0.15) is 37.8 Å². The van der Waals surface area contributed by atoms with Crippen molar-refractivity contribution < 1.29 is 0 Å². The smallest absolute Gasteiger partial charge is 0.0448 e. The highest BCUT2D eigenvalue weighted by Gasteiger charge is 2.09. The van der Waals surface area contributed by atoms with Gasteiger partial charge in [0.15, 0.2) is 0 Å². The van der Waals surface area contributed by atoms with Gasteiger partial charge in [-0.1, -0.05) is 74.5 Å². The molecule has 0 aliphatic heterocycles. The molecule has 0 radical (unpaired) electrons. The Morgan fingerprint density at radius 3 is 2.17 bits per heavy atom. The Kier molecular flexibility index (Phi) is 6.28. The fraction of sp³-hybridized carbons (Fsp3) is 0.273. The lowest BCUT2D eigenvalue weighted by molar-refractivity contribution is 0.829. The highest BCUT2D eigenvalue weighted by molar-refractivity contribution is 5.94. The van der Waals surface area contributed by atoms with E-state index in [0.29, 0.717) is 5.92 Å². The highest BCUT2D eigenvalue weighted by Crippen LogP contribution is 2.28. The lowest BCUT2D eigenvalue weighted by Gasteiger charge is -2.25. The first kappa shape index (κ1) is 18.4. The van der Waals surface area contributed by atoms with Crippen molar-refractivity contribution in [3.63, 3.8) is 0 Å². The maximum Gasteiger partial charge on any atom is 0.0448 e. The second-order valence-electron chi connectivity index (χ2n) is 6.41. The Labute approximate surface area is 151 Å². The molecule has 0 unspecified atom stereocenters. The average molecular weight is 340 g/mol. The number of halogens is 1. The summed E-state index contributed by atoms with van der Waals surface area (Å²) >= 11 is 0. The van der Waals surface area contributed by atoms with Crippen LogP contribution in [0.25, 0.3) is 10.8 Å². The number of hydrogen-bond acceptors (Lipinski definition) is 1. The lowest BCUT2D eigenvalue weighted by Crippen LogP contribution is -2.22. The quantitative estimate of drug-likeness (QED) is 0.519. The van der Waals surface area contributed by atoms with Gasteiger partial charge in [-0.25, -0.2) is 0 Å². The van der Waals surface area contributed by atoms with E-state index in [9.17, 15) is 0 Å². The molecule has 0 saturated heterocycles. The van der Waals surface area contributed by atoms with Crippen LogP contribution in [0.15, 0.2) is 66.7 Å². The van der Waals surface area contributed by atoms with E-state index in [0.717, 1.165) is 13.1 Å². The van der Waals surface area contributed by atoms with E-state index >= 15 is 0 Å². The van der Waals surface area contributed by atoms with Gasteiger partial charge in [0.05, 0.1) is 0 Å². The van der Waals surface area contributed by atoms with Crippen LogP contribution in [0.4, 0.5) is 5.69 Å². The molecule has 126 valence electrons. The maximum atomic E-state index is 2.45. The summed E-state index contributed by atoms with van der Waals surface area (Å²) in [5.74, 6) is 0.587. The van der Waals surface area contributed by atoms with Gasteiger partial charge < -0.3 is 4.90 Å². The van der Waals surface area contributed by atoms with Crippen molar-refractivity contribution in [3.8, 4) is 0 Å². The minimum atomic E-state index is 0. The Bertz CT molecular complexity index is 772. The zero-order valence-corrected chi connectivity index (χ0v) is 15.5. The van der Waals surface area contributed by atoms with Gasteiger partial charge in [-0.05, 0) is 35.4 Å². The molecule has 0 aliphatic rings. The third-order valence-electron chi connectivity index (χ3n) is 4.51. The Balaban J connectivity index is 0.00000208. The zero-order valence-electron chi connectivity index (χ0n) is 14.7. The molecular formula is C22H26ClN. The monoisotopic (exact) mass is 339 g/mol. The van der Waals surface area contributed by atoms with Gasteiger partial charge in [0.1, 0.15) is 0 Å². The first-order valence-electron chi connectivity index (χ1n) is 8.50. The van der Waals surface area contributed by atoms with Crippen LogP contribution in [0.5, 0.6) is 0 Å². The number of hydrogen-bond donors (Lipinski definition) is 0. The Hall–Kier alpha value is -1.99. The van der Waals surface area contributed by atoms with Crippen molar-refractivity contribution in [2.45, 2.75) is 33.2 Å². The van der Waals surface area contributed by atoms with Gasteiger partial charge in [-0.3, -0.25) is 0 Å². The number of anilines is 1. The Morgan fingerprint density at radius 1 is 0.833 bits per heavy atom. The van der Waals surface area contributed by atoms with Crippen LogP contribution in [0.3, 0.4) is 0 Å². The van der Waals surface area contributed by atoms with Crippen LogP contribution in [0, 0.1) is 0 Å². The average Bonchev–Trinajstić information content (AvgIpc) is 2.59. The van der Waals surface area contributed by atoms with Crippen molar-refractivity contribution in [1.82, 2.24) is 0 Å². The second kappa shape index (κ2) is 8.21. The summed E-state index contributed by atoms with van der Waals surface area (Å²) in [6.07, 6.45) is 0. The van der Waals surface area contributed by atoms with E-state index in [-0.39, 0.29) is 12.4 Å². The summed E-state index contributed by atoms with van der Waals surface area (Å²) in [6, 6.07) is 24.3. The topological polar surface area (TPSA) is 3.24 Å². The summed E-state index contributed by atoms with van der Waals surface area (Å²) in [7, 11) is 0. The number of fused-ring (bicyclic) bond motifs is 1. The SMILES string of the molecule is CCN(Cc1ccc(C(C)C)cc1)c1cccc2ccccc12.Cl. The molecule has 0 saturated carbocycles. The number of benzene rings is 3. The fourth-order valence-electron chi connectivity index (χ4n) is 3.08. The van der Waals surface area contributed by atoms with Crippen molar-refractivity contribution >= 4 is 28.9 Å². The first-order valence-corrected chi connectivity index (χ1v) is 8.50. The molecule has 0 aromatic heterocycles. The molecule has 0 bridgehead atoms. The molecule has 1 nitrogen and oxygen atoms in total. The molecule has 24 heavy (non-hydrogen) atoms. The van der Waals surface area contributed by atoms with Crippen LogP contribution >= 0.6 is 12.4 Å². The van der Waals surface area contributed by atoms with Crippen molar-refractivity contribution in [3.05, 3.63) is 77.9 Å². The normalized spacial score (nSPS) is 10.7. The molecule has 0 amide bonds. The Morgan fingerprint density at radius 2 is 1.50 bits per heavy atom. The van der Waals surface area contributed by atoms with Crippen molar-refractivity contribution in [2.24, 2.45) is 0 Å². The molecule has 0 heterocycles. The third kappa shape index (κ3) is 3.91.